The van der Waals surface area contributed by atoms with E-state index < -0.39 is 8.32 Å². The van der Waals surface area contributed by atoms with Crippen molar-refractivity contribution in [1.29, 1.82) is 0 Å². The smallest absolute Gasteiger partial charge is 0.191 e. The zero-order valence-corrected chi connectivity index (χ0v) is 13.7. The Morgan fingerprint density at radius 3 is 2.42 bits per heavy atom. The second kappa shape index (κ2) is 6.48. The first-order valence-corrected chi connectivity index (χ1v) is 9.70. The highest BCUT2D eigenvalue weighted by Crippen LogP contribution is 2.36. The quantitative estimate of drug-likeness (QED) is 0.528. The summed E-state index contributed by atoms with van der Waals surface area (Å²) in [7, 11) is -1.65. The fourth-order valence-electron chi connectivity index (χ4n) is 1.42. The Morgan fingerprint density at radius 2 is 1.84 bits per heavy atom. The second-order valence-corrected chi connectivity index (χ2v) is 11.1. The molecule has 0 aliphatic rings. The molecule has 106 valence electrons. The van der Waals surface area contributed by atoms with E-state index in [1.807, 2.05) is 18.2 Å². The van der Waals surface area contributed by atoms with E-state index >= 15 is 0 Å². The fraction of sp³-hybridized carbons (Fsp3) is 0.500. The van der Waals surface area contributed by atoms with Crippen molar-refractivity contribution in [2.45, 2.75) is 45.3 Å². The Labute approximate surface area is 117 Å². The number of hydrogen-bond acceptors (Lipinski definition) is 1. The number of rotatable bonds is 5. The zero-order valence-electron chi connectivity index (χ0n) is 12.7. The zero-order chi connectivity index (χ0) is 14.5. The van der Waals surface area contributed by atoms with E-state index in [2.05, 4.69) is 33.9 Å². The molecule has 1 aromatic carbocycles. The molecular formula is C16H25FOSi. The molecule has 1 nitrogen and oxygen atoms in total. The van der Waals surface area contributed by atoms with Gasteiger partial charge in [0.15, 0.2) is 8.32 Å². The van der Waals surface area contributed by atoms with Gasteiger partial charge in [0, 0.05) is 12.2 Å². The third-order valence-electron chi connectivity index (χ3n) is 3.76. The van der Waals surface area contributed by atoms with Crippen LogP contribution in [0, 0.1) is 5.82 Å². The van der Waals surface area contributed by atoms with Crippen LogP contribution in [0.5, 0.6) is 0 Å². The lowest BCUT2D eigenvalue weighted by Gasteiger charge is -2.36. The molecule has 0 saturated heterocycles. The predicted octanol–water partition coefficient (Wildman–Crippen LogP) is 5.25. The van der Waals surface area contributed by atoms with Gasteiger partial charge in [0.2, 0.25) is 0 Å². The van der Waals surface area contributed by atoms with Crippen LogP contribution >= 0.6 is 0 Å². The van der Waals surface area contributed by atoms with Crippen LogP contribution in [0.25, 0.3) is 6.08 Å². The van der Waals surface area contributed by atoms with Gasteiger partial charge >= 0.3 is 0 Å². The summed E-state index contributed by atoms with van der Waals surface area (Å²) in [6.07, 6.45) is 4.62. The van der Waals surface area contributed by atoms with E-state index in [1.165, 1.54) is 6.07 Å². The Morgan fingerprint density at radius 1 is 1.21 bits per heavy atom. The third-order valence-corrected chi connectivity index (χ3v) is 8.29. The molecule has 0 unspecified atom stereocenters. The SMILES string of the molecule is CC(C)(C)[Si](C)(C)OCCC=Cc1ccccc1F. The third kappa shape index (κ3) is 4.92. The van der Waals surface area contributed by atoms with E-state index in [0.29, 0.717) is 12.2 Å². The molecule has 1 aromatic rings. The highest BCUT2D eigenvalue weighted by atomic mass is 28.4. The average molecular weight is 280 g/mol. The van der Waals surface area contributed by atoms with E-state index in [-0.39, 0.29) is 10.9 Å². The normalized spacial score (nSPS) is 13.2. The summed E-state index contributed by atoms with van der Waals surface area (Å²) in [5.41, 5.74) is 0.634. The average Bonchev–Trinajstić information content (AvgIpc) is 2.29. The minimum atomic E-state index is -1.65. The molecule has 0 atom stereocenters. The first-order valence-electron chi connectivity index (χ1n) is 6.79. The second-order valence-electron chi connectivity index (χ2n) is 6.32. The van der Waals surface area contributed by atoms with Crippen molar-refractivity contribution in [1.82, 2.24) is 0 Å². The maximum Gasteiger partial charge on any atom is 0.191 e. The van der Waals surface area contributed by atoms with E-state index in [4.69, 9.17) is 4.43 Å². The molecule has 19 heavy (non-hydrogen) atoms. The van der Waals surface area contributed by atoms with Crippen LogP contribution in [-0.2, 0) is 4.43 Å². The molecule has 0 spiro atoms. The first kappa shape index (κ1) is 16.1. The molecule has 1 rings (SSSR count). The van der Waals surface area contributed by atoms with E-state index in [0.717, 1.165) is 6.42 Å². The summed E-state index contributed by atoms with van der Waals surface area (Å²) in [6, 6.07) is 6.80. The van der Waals surface area contributed by atoms with Crippen LogP contribution in [-0.4, -0.2) is 14.9 Å². The highest BCUT2D eigenvalue weighted by Gasteiger charge is 2.36. The van der Waals surface area contributed by atoms with Gasteiger partial charge in [-0.1, -0.05) is 51.1 Å². The number of halogens is 1. The molecule has 0 radical (unpaired) electrons. The van der Waals surface area contributed by atoms with Crippen LogP contribution in [0.4, 0.5) is 4.39 Å². The fourth-order valence-corrected chi connectivity index (χ4v) is 2.48. The van der Waals surface area contributed by atoms with Crippen LogP contribution in [0.3, 0.4) is 0 Å². The van der Waals surface area contributed by atoms with Crippen molar-refractivity contribution in [2.24, 2.45) is 0 Å². The highest BCUT2D eigenvalue weighted by molar-refractivity contribution is 6.74. The van der Waals surface area contributed by atoms with Crippen LogP contribution < -0.4 is 0 Å². The Hall–Kier alpha value is -0.933. The van der Waals surface area contributed by atoms with Crippen molar-refractivity contribution in [3.63, 3.8) is 0 Å². The van der Waals surface area contributed by atoms with Gasteiger partial charge in [0.25, 0.3) is 0 Å². The van der Waals surface area contributed by atoms with Crippen LogP contribution in [0.15, 0.2) is 30.3 Å². The van der Waals surface area contributed by atoms with E-state index in [1.54, 1.807) is 12.1 Å². The summed E-state index contributed by atoms with van der Waals surface area (Å²) in [5, 5.41) is 0.238. The molecule has 3 heteroatoms. The standard InChI is InChI=1S/C16H25FOSi/c1-16(2,3)19(4,5)18-13-9-8-11-14-10-6-7-12-15(14)17/h6-8,10-12H,9,13H2,1-5H3. The van der Waals surface area contributed by atoms with Gasteiger partial charge in [-0.3, -0.25) is 0 Å². The van der Waals surface area contributed by atoms with Crippen molar-refractivity contribution in [3.05, 3.63) is 41.7 Å². The Kier molecular flexibility index (Phi) is 5.50. The maximum absolute atomic E-state index is 13.4. The van der Waals surface area contributed by atoms with Gasteiger partial charge in [-0.05, 0) is 30.6 Å². The summed E-state index contributed by atoms with van der Waals surface area (Å²) in [6.45, 7) is 11.9. The summed E-state index contributed by atoms with van der Waals surface area (Å²) >= 11 is 0. The molecule has 0 heterocycles. The van der Waals surface area contributed by atoms with Gasteiger partial charge < -0.3 is 4.43 Å². The molecule has 0 fully saturated rings. The molecule has 0 N–H and O–H groups in total. The summed E-state index contributed by atoms with van der Waals surface area (Å²) in [5.74, 6) is -0.177. The Bertz CT molecular complexity index is 433. The summed E-state index contributed by atoms with van der Waals surface area (Å²) in [4.78, 5) is 0. The molecule has 0 bridgehead atoms. The van der Waals surface area contributed by atoms with Gasteiger partial charge in [-0.25, -0.2) is 4.39 Å². The van der Waals surface area contributed by atoms with Gasteiger partial charge in [-0.15, -0.1) is 0 Å². The Balaban J connectivity index is 2.42. The van der Waals surface area contributed by atoms with E-state index in [9.17, 15) is 4.39 Å². The monoisotopic (exact) mass is 280 g/mol. The minimum Gasteiger partial charge on any atom is -0.417 e. The number of hydrogen-bond donors (Lipinski definition) is 0. The lowest BCUT2D eigenvalue weighted by atomic mass is 10.2. The molecule has 0 saturated carbocycles. The van der Waals surface area contributed by atoms with Gasteiger partial charge in [0.05, 0.1) is 0 Å². The van der Waals surface area contributed by atoms with Crippen LogP contribution in [0.2, 0.25) is 18.1 Å². The largest absolute Gasteiger partial charge is 0.417 e. The molecule has 0 aliphatic heterocycles. The number of benzene rings is 1. The van der Waals surface area contributed by atoms with Gasteiger partial charge in [0.1, 0.15) is 5.82 Å². The maximum atomic E-state index is 13.4. The lowest BCUT2D eigenvalue weighted by molar-refractivity contribution is 0.294. The molecule has 0 aromatic heterocycles. The predicted molar refractivity (Wildman–Crippen MR) is 83.2 cm³/mol. The molecular weight excluding hydrogens is 255 g/mol. The van der Waals surface area contributed by atoms with Crippen molar-refractivity contribution in [3.8, 4) is 0 Å². The van der Waals surface area contributed by atoms with Gasteiger partial charge in [-0.2, -0.15) is 0 Å². The van der Waals surface area contributed by atoms with Crippen molar-refractivity contribution < 1.29 is 8.82 Å². The first-order chi connectivity index (χ1) is 8.74. The van der Waals surface area contributed by atoms with Crippen LogP contribution in [0.1, 0.15) is 32.8 Å². The minimum absolute atomic E-state index is 0.177. The lowest BCUT2D eigenvalue weighted by Crippen LogP contribution is -2.40. The van der Waals surface area contributed by atoms with Crippen molar-refractivity contribution >= 4 is 14.4 Å². The topological polar surface area (TPSA) is 9.23 Å². The molecule has 0 amide bonds. The van der Waals surface area contributed by atoms with Crippen molar-refractivity contribution in [2.75, 3.05) is 6.61 Å². The summed E-state index contributed by atoms with van der Waals surface area (Å²) < 4.78 is 19.4. The molecule has 0 aliphatic carbocycles.